The minimum Gasteiger partial charge on any atom is -0.383 e. The van der Waals surface area contributed by atoms with Crippen molar-refractivity contribution in [3.05, 3.63) is 34.9 Å². The van der Waals surface area contributed by atoms with E-state index >= 15 is 0 Å². The predicted octanol–water partition coefficient (Wildman–Crippen LogP) is 2.28. The van der Waals surface area contributed by atoms with Crippen LogP contribution in [-0.4, -0.2) is 75.2 Å². The van der Waals surface area contributed by atoms with Gasteiger partial charge in [0.15, 0.2) is 0 Å². The molecule has 0 aromatic heterocycles. The zero-order chi connectivity index (χ0) is 19.8. The van der Waals surface area contributed by atoms with Gasteiger partial charge in [-0.1, -0.05) is 17.2 Å². The Balaban J connectivity index is 2.06. The molecule has 0 spiro atoms. The van der Waals surface area contributed by atoms with Crippen molar-refractivity contribution in [2.45, 2.75) is 26.7 Å². The molecule has 1 unspecified atom stereocenters. The first-order chi connectivity index (χ1) is 13.0. The number of likely N-dealkylation sites (tertiary alicyclic amines) is 1. The number of carbonyl (C=O) groups excluding carboxylic acids is 2. The van der Waals surface area contributed by atoms with Crippen LogP contribution in [0.3, 0.4) is 0 Å². The average Bonchev–Trinajstić information content (AvgIpc) is 2.66. The topological polar surface area (TPSA) is 59.1 Å². The maximum absolute atomic E-state index is 13.0. The second kappa shape index (κ2) is 10.4. The Morgan fingerprint density at radius 3 is 2.22 bits per heavy atom. The molecule has 1 aliphatic heterocycles. The summed E-state index contributed by atoms with van der Waals surface area (Å²) in [6.07, 6.45) is 1.65. The summed E-state index contributed by atoms with van der Waals surface area (Å²) in [7, 11) is 3.26. The lowest BCUT2D eigenvalue weighted by molar-refractivity contribution is -0.138. The van der Waals surface area contributed by atoms with Crippen LogP contribution in [0.15, 0.2) is 18.2 Å². The number of ether oxygens (including phenoxy) is 2. The van der Waals surface area contributed by atoms with Crippen molar-refractivity contribution < 1.29 is 19.1 Å². The van der Waals surface area contributed by atoms with E-state index in [0.717, 1.165) is 24.0 Å². The van der Waals surface area contributed by atoms with Crippen molar-refractivity contribution in [1.29, 1.82) is 0 Å². The first-order valence-corrected chi connectivity index (χ1v) is 9.60. The molecule has 6 nitrogen and oxygen atoms in total. The Kier molecular flexibility index (Phi) is 8.25. The van der Waals surface area contributed by atoms with Gasteiger partial charge in [-0.15, -0.1) is 0 Å². The van der Waals surface area contributed by atoms with Gasteiger partial charge in [-0.2, -0.15) is 0 Å². The Bertz CT molecular complexity index is 619. The standard InChI is InChI=1S/C21H32N2O4/c1-16-12-17(2)14-19(13-16)21(25)23-7-5-6-18(15-23)20(24)22(8-10-26-3)9-11-27-4/h12-14,18H,5-11,15H2,1-4H3. The molecular weight excluding hydrogens is 344 g/mol. The van der Waals surface area contributed by atoms with Crippen LogP contribution in [0.1, 0.15) is 34.3 Å². The summed E-state index contributed by atoms with van der Waals surface area (Å²) in [4.78, 5) is 29.6. The Morgan fingerprint density at radius 2 is 1.67 bits per heavy atom. The highest BCUT2D eigenvalue weighted by Crippen LogP contribution is 2.21. The maximum atomic E-state index is 13.0. The normalized spacial score (nSPS) is 17.0. The zero-order valence-electron chi connectivity index (χ0n) is 17.0. The molecule has 6 heteroatoms. The number of benzene rings is 1. The fraction of sp³-hybridized carbons (Fsp3) is 0.619. The van der Waals surface area contributed by atoms with Crippen LogP contribution < -0.4 is 0 Å². The first-order valence-electron chi connectivity index (χ1n) is 9.60. The molecule has 0 N–H and O–H groups in total. The Morgan fingerprint density at radius 1 is 1.07 bits per heavy atom. The van der Waals surface area contributed by atoms with Crippen LogP contribution in [0.4, 0.5) is 0 Å². The quantitative estimate of drug-likeness (QED) is 0.698. The van der Waals surface area contributed by atoms with Crippen LogP contribution >= 0.6 is 0 Å². The van der Waals surface area contributed by atoms with Crippen molar-refractivity contribution in [2.75, 3.05) is 53.6 Å². The maximum Gasteiger partial charge on any atom is 0.253 e. The van der Waals surface area contributed by atoms with Crippen LogP contribution in [0, 0.1) is 19.8 Å². The van der Waals surface area contributed by atoms with Gasteiger partial charge in [0.25, 0.3) is 5.91 Å². The van der Waals surface area contributed by atoms with Gasteiger partial charge >= 0.3 is 0 Å². The minimum atomic E-state index is -0.165. The van der Waals surface area contributed by atoms with Crippen molar-refractivity contribution in [3.63, 3.8) is 0 Å². The third-order valence-electron chi connectivity index (χ3n) is 4.97. The number of piperidine rings is 1. The predicted molar refractivity (Wildman–Crippen MR) is 105 cm³/mol. The second-order valence-electron chi connectivity index (χ2n) is 7.28. The molecule has 1 fully saturated rings. The van der Waals surface area contributed by atoms with Crippen LogP contribution in [0.5, 0.6) is 0 Å². The SMILES string of the molecule is COCCN(CCOC)C(=O)C1CCCN(C(=O)c2cc(C)cc(C)c2)C1. The molecule has 27 heavy (non-hydrogen) atoms. The van der Waals surface area contributed by atoms with E-state index in [1.165, 1.54) is 0 Å². The first kappa shape index (κ1) is 21.4. The Hall–Kier alpha value is -1.92. The van der Waals surface area contributed by atoms with Crippen LogP contribution in [0.25, 0.3) is 0 Å². The molecule has 1 aromatic carbocycles. The summed E-state index contributed by atoms with van der Waals surface area (Å²) >= 11 is 0. The molecule has 2 rings (SSSR count). The smallest absolute Gasteiger partial charge is 0.253 e. The minimum absolute atomic E-state index is 0.0135. The molecule has 0 radical (unpaired) electrons. The molecule has 150 valence electrons. The van der Waals surface area contributed by atoms with Gasteiger partial charge in [0.2, 0.25) is 5.91 Å². The number of rotatable bonds is 8. The van der Waals surface area contributed by atoms with E-state index in [0.29, 0.717) is 45.0 Å². The molecule has 2 amide bonds. The summed E-state index contributed by atoms with van der Waals surface area (Å²) in [5, 5.41) is 0. The van der Waals surface area contributed by atoms with Crippen LogP contribution in [0.2, 0.25) is 0 Å². The molecule has 0 aliphatic carbocycles. The van der Waals surface area contributed by atoms with E-state index in [1.54, 1.807) is 19.1 Å². The fourth-order valence-corrected chi connectivity index (χ4v) is 3.64. The molecule has 1 aliphatic rings. The number of hydrogen-bond donors (Lipinski definition) is 0. The highest BCUT2D eigenvalue weighted by molar-refractivity contribution is 5.95. The highest BCUT2D eigenvalue weighted by atomic mass is 16.5. The van der Waals surface area contributed by atoms with E-state index in [4.69, 9.17) is 9.47 Å². The third-order valence-corrected chi connectivity index (χ3v) is 4.97. The molecular formula is C21H32N2O4. The molecule has 1 heterocycles. The zero-order valence-corrected chi connectivity index (χ0v) is 17.0. The molecule has 1 aromatic rings. The number of aryl methyl sites for hydroxylation is 2. The largest absolute Gasteiger partial charge is 0.383 e. The van der Waals surface area contributed by atoms with Crippen molar-refractivity contribution in [3.8, 4) is 0 Å². The van der Waals surface area contributed by atoms with E-state index in [1.807, 2.05) is 30.9 Å². The summed E-state index contributed by atoms with van der Waals surface area (Å²) in [6.45, 7) is 7.24. The van der Waals surface area contributed by atoms with Gasteiger partial charge in [0, 0.05) is 46.0 Å². The third kappa shape index (κ3) is 6.04. The average molecular weight is 376 g/mol. The molecule has 0 bridgehead atoms. The van der Waals surface area contributed by atoms with Gasteiger partial charge in [0.05, 0.1) is 19.1 Å². The monoisotopic (exact) mass is 376 g/mol. The number of amides is 2. The molecule has 1 saturated heterocycles. The highest BCUT2D eigenvalue weighted by Gasteiger charge is 2.31. The lowest BCUT2D eigenvalue weighted by atomic mass is 9.95. The number of carbonyl (C=O) groups is 2. The van der Waals surface area contributed by atoms with Crippen LogP contribution in [-0.2, 0) is 14.3 Å². The van der Waals surface area contributed by atoms with Crippen molar-refractivity contribution in [1.82, 2.24) is 9.80 Å². The van der Waals surface area contributed by atoms with E-state index in [-0.39, 0.29) is 17.7 Å². The van der Waals surface area contributed by atoms with Crippen molar-refractivity contribution in [2.24, 2.45) is 5.92 Å². The molecule has 1 atom stereocenters. The number of nitrogens with zero attached hydrogens (tertiary/aromatic N) is 2. The number of methoxy groups -OCH3 is 2. The summed E-state index contributed by atoms with van der Waals surface area (Å²) < 4.78 is 10.3. The lowest BCUT2D eigenvalue weighted by Crippen LogP contribution is -2.48. The fourth-order valence-electron chi connectivity index (χ4n) is 3.64. The summed E-state index contributed by atoms with van der Waals surface area (Å²) in [5.74, 6) is -0.0658. The van der Waals surface area contributed by atoms with Crippen molar-refractivity contribution >= 4 is 11.8 Å². The summed E-state index contributed by atoms with van der Waals surface area (Å²) in [5.41, 5.74) is 2.86. The van der Waals surface area contributed by atoms with E-state index in [2.05, 4.69) is 6.07 Å². The second-order valence-corrected chi connectivity index (χ2v) is 7.28. The Labute approximate surface area is 162 Å². The lowest BCUT2D eigenvalue weighted by Gasteiger charge is -2.35. The summed E-state index contributed by atoms with van der Waals surface area (Å²) in [6, 6.07) is 5.90. The number of hydrogen-bond acceptors (Lipinski definition) is 4. The molecule has 0 saturated carbocycles. The van der Waals surface area contributed by atoms with Gasteiger partial charge in [-0.3, -0.25) is 9.59 Å². The van der Waals surface area contributed by atoms with Gasteiger partial charge in [-0.05, 0) is 38.8 Å². The van der Waals surface area contributed by atoms with Gasteiger partial charge < -0.3 is 19.3 Å². The van der Waals surface area contributed by atoms with E-state index in [9.17, 15) is 9.59 Å². The van der Waals surface area contributed by atoms with Gasteiger partial charge in [0.1, 0.15) is 0 Å². The van der Waals surface area contributed by atoms with E-state index < -0.39 is 0 Å². The van der Waals surface area contributed by atoms with Gasteiger partial charge in [-0.25, -0.2) is 0 Å².